The number of ether oxygens (including phenoxy) is 1. The van der Waals surface area contributed by atoms with Crippen LogP contribution in [0.3, 0.4) is 0 Å². The van der Waals surface area contributed by atoms with Gasteiger partial charge >= 0.3 is 0 Å². The van der Waals surface area contributed by atoms with Gasteiger partial charge in [0.1, 0.15) is 5.82 Å². The molecule has 1 amide bonds. The zero-order valence-corrected chi connectivity index (χ0v) is 15.6. The fourth-order valence-electron chi connectivity index (χ4n) is 2.43. The molecule has 0 bridgehead atoms. The third-order valence-corrected chi connectivity index (χ3v) is 3.78. The van der Waals surface area contributed by atoms with E-state index in [-0.39, 0.29) is 18.1 Å². The van der Waals surface area contributed by atoms with Crippen molar-refractivity contribution >= 4 is 17.4 Å². The minimum absolute atomic E-state index is 0.0250. The van der Waals surface area contributed by atoms with Gasteiger partial charge in [-0.2, -0.15) is 0 Å². The number of likely N-dealkylation sites (N-methyl/N-ethyl adjacent to an activating group) is 1. The molecular weight excluding hydrogens is 350 g/mol. The second-order valence-electron chi connectivity index (χ2n) is 6.05. The molecule has 0 aliphatic rings. The topological polar surface area (TPSA) is 110 Å². The predicted molar refractivity (Wildman–Crippen MR) is 102 cm³/mol. The van der Waals surface area contributed by atoms with Crippen molar-refractivity contribution in [1.82, 2.24) is 15.3 Å². The van der Waals surface area contributed by atoms with Crippen LogP contribution < -0.4 is 10.2 Å². The number of methoxy groups -OCH3 is 1. The standard InChI is InChI=1S/C18H23N5O4/c1-13-10-16(22(2)12-17(24)19-8-5-9-27-3)21-18(20-13)14-6-4-7-15(11-14)23(25)26/h4,6-7,10-11H,5,8-9,12H2,1-3H3,(H,19,24). The number of rotatable bonds is 9. The number of nitrogens with one attached hydrogen (secondary N) is 1. The molecular formula is C18H23N5O4. The number of hydrogen-bond donors (Lipinski definition) is 1. The number of anilines is 1. The van der Waals surface area contributed by atoms with Gasteiger partial charge in [0.2, 0.25) is 5.91 Å². The first kappa shape index (κ1) is 20.2. The van der Waals surface area contributed by atoms with Gasteiger partial charge in [0.05, 0.1) is 11.5 Å². The molecule has 144 valence electrons. The van der Waals surface area contributed by atoms with Crippen molar-refractivity contribution in [2.24, 2.45) is 0 Å². The van der Waals surface area contributed by atoms with Crippen molar-refractivity contribution in [1.29, 1.82) is 0 Å². The lowest BCUT2D eigenvalue weighted by atomic mass is 10.2. The van der Waals surface area contributed by atoms with E-state index in [0.29, 0.717) is 36.1 Å². The maximum absolute atomic E-state index is 12.0. The number of aromatic nitrogens is 2. The van der Waals surface area contributed by atoms with E-state index >= 15 is 0 Å². The van der Waals surface area contributed by atoms with Crippen LogP contribution in [-0.4, -0.2) is 54.7 Å². The van der Waals surface area contributed by atoms with Crippen LogP contribution in [0.15, 0.2) is 30.3 Å². The van der Waals surface area contributed by atoms with E-state index in [9.17, 15) is 14.9 Å². The maximum Gasteiger partial charge on any atom is 0.270 e. The summed E-state index contributed by atoms with van der Waals surface area (Å²) in [4.78, 5) is 33.1. The number of carbonyl (C=O) groups is 1. The molecule has 0 saturated heterocycles. The number of hydrogen-bond acceptors (Lipinski definition) is 7. The summed E-state index contributed by atoms with van der Waals surface area (Å²) in [6, 6.07) is 7.92. The summed E-state index contributed by atoms with van der Waals surface area (Å²) >= 11 is 0. The van der Waals surface area contributed by atoms with E-state index in [4.69, 9.17) is 4.74 Å². The summed E-state index contributed by atoms with van der Waals surface area (Å²) in [5, 5.41) is 13.8. The van der Waals surface area contributed by atoms with Crippen molar-refractivity contribution in [3.8, 4) is 11.4 Å². The largest absolute Gasteiger partial charge is 0.385 e. The Morgan fingerprint density at radius 3 is 2.81 bits per heavy atom. The molecule has 1 N–H and O–H groups in total. The first-order valence-corrected chi connectivity index (χ1v) is 8.48. The fraction of sp³-hybridized carbons (Fsp3) is 0.389. The number of benzene rings is 1. The highest BCUT2D eigenvalue weighted by Crippen LogP contribution is 2.23. The third-order valence-electron chi connectivity index (χ3n) is 3.78. The van der Waals surface area contributed by atoms with E-state index in [1.165, 1.54) is 12.1 Å². The highest BCUT2D eigenvalue weighted by Gasteiger charge is 2.13. The Labute approximate surface area is 157 Å². The lowest BCUT2D eigenvalue weighted by Crippen LogP contribution is -2.36. The Morgan fingerprint density at radius 1 is 1.33 bits per heavy atom. The Balaban J connectivity index is 2.13. The van der Waals surface area contributed by atoms with Crippen LogP contribution in [0.25, 0.3) is 11.4 Å². The van der Waals surface area contributed by atoms with Gasteiger partial charge in [-0.05, 0) is 13.3 Å². The lowest BCUT2D eigenvalue weighted by molar-refractivity contribution is -0.384. The van der Waals surface area contributed by atoms with Gasteiger partial charge in [0, 0.05) is 56.8 Å². The zero-order chi connectivity index (χ0) is 19.8. The van der Waals surface area contributed by atoms with Crippen LogP contribution in [0, 0.1) is 17.0 Å². The number of carbonyl (C=O) groups excluding carboxylic acids is 1. The van der Waals surface area contributed by atoms with Crippen LogP contribution in [-0.2, 0) is 9.53 Å². The molecule has 0 radical (unpaired) electrons. The van der Waals surface area contributed by atoms with Gasteiger partial charge in [0.25, 0.3) is 5.69 Å². The molecule has 1 aromatic carbocycles. The molecule has 0 aliphatic heterocycles. The van der Waals surface area contributed by atoms with E-state index in [0.717, 1.165) is 6.42 Å². The molecule has 0 atom stereocenters. The number of amides is 1. The van der Waals surface area contributed by atoms with Gasteiger partial charge in [0.15, 0.2) is 5.82 Å². The Morgan fingerprint density at radius 2 is 2.11 bits per heavy atom. The van der Waals surface area contributed by atoms with E-state index in [1.54, 1.807) is 37.3 Å². The summed E-state index contributed by atoms with van der Waals surface area (Å²) < 4.78 is 4.94. The third kappa shape index (κ3) is 6.00. The van der Waals surface area contributed by atoms with Crippen LogP contribution in [0.1, 0.15) is 12.1 Å². The highest BCUT2D eigenvalue weighted by molar-refractivity contribution is 5.81. The average Bonchev–Trinajstić information content (AvgIpc) is 2.64. The first-order valence-electron chi connectivity index (χ1n) is 8.48. The molecule has 0 fully saturated rings. The van der Waals surface area contributed by atoms with Crippen molar-refractivity contribution in [3.63, 3.8) is 0 Å². The molecule has 0 unspecified atom stereocenters. The number of nitrogens with zero attached hydrogens (tertiary/aromatic N) is 4. The van der Waals surface area contributed by atoms with Gasteiger partial charge in [-0.1, -0.05) is 12.1 Å². The van der Waals surface area contributed by atoms with Gasteiger partial charge < -0.3 is 15.0 Å². The molecule has 0 spiro atoms. The van der Waals surface area contributed by atoms with Crippen molar-refractivity contribution < 1.29 is 14.5 Å². The molecule has 27 heavy (non-hydrogen) atoms. The Hall–Kier alpha value is -3.07. The normalized spacial score (nSPS) is 10.5. The summed E-state index contributed by atoms with van der Waals surface area (Å²) in [6.07, 6.45) is 0.746. The van der Waals surface area contributed by atoms with Crippen molar-refractivity contribution in [2.75, 3.05) is 38.8 Å². The van der Waals surface area contributed by atoms with Gasteiger partial charge in [-0.25, -0.2) is 9.97 Å². The quantitative estimate of drug-likeness (QED) is 0.406. The molecule has 9 nitrogen and oxygen atoms in total. The maximum atomic E-state index is 12.0. The minimum atomic E-state index is -0.458. The van der Waals surface area contributed by atoms with Crippen LogP contribution in [0.4, 0.5) is 11.5 Å². The highest BCUT2D eigenvalue weighted by atomic mass is 16.6. The molecule has 9 heteroatoms. The monoisotopic (exact) mass is 373 g/mol. The number of non-ortho nitro benzene ring substituents is 1. The number of nitro groups is 1. The van der Waals surface area contributed by atoms with E-state index in [2.05, 4.69) is 15.3 Å². The SMILES string of the molecule is COCCCNC(=O)CN(C)c1cc(C)nc(-c2cccc([N+](=O)[O-])c2)n1. The van der Waals surface area contributed by atoms with Crippen LogP contribution in [0.2, 0.25) is 0 Å². The van der Waals surface area contributed by atoms with Crippen LogP contribution >= 0.6 is 0 Å². The van der Waals surface area contributed by atoms with Crippen molar-refractivity contribution in [3.05, 3.63) is 46.1 Å². The fourth-order valence-corrected chi connectivity index (χ4v) is 2.43. The number of aryl methyl sites for hydroxylation is 1. The first-order chi connectivity index (χ1) is 12.9. The number of nitro benzene ring substituents is 1. The Bertz CT molecular complexity index is 812. The molecule has 1 aromatic heterocycles. The second-order valence-corrected chi connectivity index (χ2v) is 6.05. The molecule has 0 aliphatic carbocycles. The molecule has 2 aromatic rings. The summed E-state index contributed by atoms with van der Waals surface area (Å²) in [5.74, 6) is 0.818. The summed E-state index contributed by atoms with van der Waals surface area (Å²) in [6.45, 7) is 3.08. The van der Waals surface area contributed by atoms with E-state index in [1.807, 2.05) is 6.92 Å². The average molecular weight is 373 g/mol. The lowest BCUT2D eigenvalue weighted by Gasteiger charge is -2.19. The predicted octanol–water partition coefficient (Wildman–Crippen LogP) is 1.95. The molecule has 0 saturated carbocycles. The van der Waals surface area contributed by atoms with Crippen LogP contribution in [0.5, 0.6) is 0 Å². The summed E-state index contributed by atoms with van der Waals surface area (Å²) in [5.41, 5.74) is 1.23. The van der Waals surface area contributed by atoms with Crippen molar-refractivity contribution in [2.45, 2.75) is 13.3 Å². The molecule has 2 rings (SSSR count). The van der Waals surface area contributed by atoms with Gasteiger partial charge in [-0.15, -0.1) is 0 Å². The van der Waals surface area contributed by atoms with Gasteiger partial charge in [-0.3, -0.25) is 14.9 Å². The minimum Gasteiger partial charge on any atom is -0.385 e. The molecule has 1 heterocycles. The smallest absolute Gasteiger partial charge is 0.270 e. The Kier molecular flexibility index (Phi) is 7.18. The van der Waals surface area contributed by atoms with E-state index < -0.39 is 4.92 Å². The zero-order valence-electron chi connectivity index (χ0n) is 15.6. The summed E-state index contributed by atoms with van der Waals surface area (Å²) in [7, 11) is 3.37. The second kappa shape index (κ2) is 9.58.